The van der Waals surface area contributed by atoms with Crippen LogP contribution in [0.5, 0.6) is 0 Å². The van der Waals surface area contributed by atoms with Gasteiger partial charge < -0.3 is 5.32 Å². The Kier molecular flexibility index (Phi) is 5.40. The fourth-order valence-corrected chi connectivity index (χ4v) is 3.51. The molecule has 3 heterocycles. The molecule has 146 valence electrons. The molecule has 1 aromatic carbocycles. The Morgan fingerprint density at radius 2 is 1.93 bits per heavy atom. The van der Waals surface area contributed by atoms with Crippen molar-refractivity contribution in [2.75, 3.05) is 0 Å². The van der Waals surface area contributed by atoms with E-state index in [1.165, 1.54) is 12.1 Å². The van der Waals surface area contributed by atoms with Gasteiger partial charge in [-0.05, 0) is 70.4 Å². The van der Waals surface area contributed by atoms with Crippen molar-refractivity contribution in [2.24, 2.45) is 0 Å². The molecule has 7 heteroatoms. The number of fused-ring (bicyclic) bond motifs is 1. The number of nitrogens with one attached hydrogen (secondary N) is 1. The molecule has 0 fully saturated rings. The van der Waals surface area contributed by atoms with Crippen LogP contribution in [-0.2, 0) is 0 Å². The fraction of sp³-hybridized carbons (Fsp3) is 0.136. The third kappa shape index (κ3) is 3.91. The van der Waals surface area contributed by atoms with Gasteiger partial charge in [0.15, 0.2) is 0 Å². The van der Waals surface area contributed by atoms with E-state index in [1.807, 2.05) is 29.7 Å². The minimum Gasteiger partial charge on any atom is -0.345 e. The number of carbonyl (C=O) groups is 1. The van der Waals surface area contributed by atoms with E-state index in [9.17, 15) is 9.18 Å². The number of nitrogens with zero attached hydrogens (tertiary/aromatic N) is 3. The van der Waals surface area contributed by atoms with Gasteiger partial charge in [-0.2, -0.15) is 0 Å². The number of aromatic nitrogens is 3. The summed E-state index contributed by atoms with van der Waals surface area (Å²) in [6, 6.07) is 13.4. The van der Waals surface area contributed by atoms with Crippen LogP contribution in [0.2, 0.25) is 0 Å². The van der Waals surface area contributed by atoms with Crippen LogP contribution in [0.15, 0.2) is 71.7 Å². The number of carbonyl (C=O) groups excluding carboxylic acids is 1. The molecular formula is C22H18BrFN4O. The smallest absolute Gasteiger partial charge is 0.255 e. The van der Waals surface area contributed by atoms with Crippen molar-refractivity contribution in [1.82, 2.24) is 19.7 Å². The van der Waals surface area contributed by atoms with Crippen LogP contribution in [0.1, 0.15) is 35.3 Å². The van der Waals surface area contributed by atoms with E-state index in [-0.39, 0.29) is 17.8 Å². The number of hydrogen-bond donors (Lipinski definition) is 1. The van der Waals surface area contributed by atoms with Crippen molar-refractivity contribution in [2.45, 2.75) is 19.4 Å². The van der Waals surface area contributed by atoms with Crippen molar-refractivity contribution in [3.05, 3.63) is 88.7 Å². The van der Waals surface area contributed by atoms with Gasteiger partial charge >= 0.3 is 0 Å². The van der Waals surface area contributed by atoms with E-state index < -0.39 is 0 Å². The van der Waals surface area contributed by atoms with Gasteiger partial charge in [0, 0.05) is 18.0 Å². The zero-order valence-electron chi connectivity index (χ0n) is 15.6. The lowest BCUT2D eigenvalue weighted by molar-refractivity contribution is 0.0936. The summed E-state index contributed by atoms with van der Waals surface area (Å²) in [6.45, 7) is 2.01. The van der Waals surface area contributed by atoms with Crippen LogP contribution in [0.3, 0.4) is 0 Å². The molecule has 0 spiro atoms. The summed E-state index contributed by atoms with van der Waals surface area (Å²) in [5.41, 5.74) is 3.58. The van der Waals surface area contributed by atoms with E-state index in [0.29, 0.717) is 11.2 Å². The maximum atomic E-state index is 13.2. The number of benzene rings is 1. The number of imidazole rings is 1. The van der Waals surface area contributed by atoms with Gasteiger partial charge in [0.05, 0.1) is 23.5 Å². The molecule has 1 amide bonds. The normalized spacial score (nSPS) is 12.1. The van der Waals surface area contributed by atoms with Crippen LogP contribution in [0.4, 0.5) is 4.39 Å². The molecule has 0 aliphatic rings. The first-order chi connectivity index (χ1) is 14.1. The summed E-state index contributed by atoms with van der Waals surface area (Å²) in [4.78, 5) is 21.7. The summed E-state index contributed by atoms with van der Waals surface area (Å²) >= 11 is 3.33. The maximum Gasteiger partial charge on any atom is 0.255 e. The molecular weight excluding hydrogens is 435 g/mol. The van der Waals surface area contributed by atoms with Gasteiger partial charge in [-0.15, -0.1) is 0 Å². The molecule has 0 saturated heterocycles. The first-order valence-corrected chi connectivity index (χ1v) is 10.0. The largest absolute Gasteiger partial charge is 0.345 e. The predicted molar refractivity (Wildman–Crippen MR) is 113 cm³/mol. The molecule has 4 rings (SSSR count). The van der Waals surface area contributed by atoms with Crippen molar-refractivity contribution in [1.29, 1.82) is 0 Å². The highest BCUT2D eigenvalue weighted by Gasteiger charge is 2.18. The average Bonchev–Trinajstić information content (AvgIpc) is 3.17. The monoisotopic (exact) mass is 452 g/mol. The zero-order valence-corrected chi connectivity index (χ0v) is 17.2. The fourth-order valence-electron chi connectivity index (χ4n) is 3.27. The van der Waals surface area contributed by atoms with Gasteiger partial charge in [-0.25, -0.2) is 14.4 Å². The summed E-state index contributed by atoms with van der Waals surface area (Å²) < 4.78 is 15.8. The van der Waals surface area contributed by atoms with Crippen molar-refractivity contribution >= 4 is 27.5 Å². The van der Waals surface area contributed by atoms with Crippen molar-refractivity contribution < 1.29 is 9.18 Å². The highest BCUT2D eigenvalue weighted by molar-refractivity contribution is 9.10. The Morgan fingerprint density at radius 3 is 2.62 bits per heavy atom. The second-order valence-electron chi connectivity index (χ2n) is 6.61. The Hall–Kier alpha value is -3.06. The van der Waals surface area contributed by atoms with E-state index in [4.69, 9.17) is 0 Å². The van der Waals surface area contributed by atoms with Gasteiger partial charge in [-0.1, -0.05) is 13.0 Å². The molecule has 29 heavy (non-hydrogen) atoms. The van der Waals surface area contributed by atoms with Gasteiger partial charge in [0.1, 0.15) is 16.1 Å². The molecule has 1 atom stereocenters. The SMILES string of the molecule is CCC(NC(=O)c1cccn2c(-c3ccc(F)cc3)cnc12)c1ccc(Br)nc1. The van der Waals surface area contributed by atoms with Gasteiger partial charge in [-0.3, -0.25) is 9.20 Å². The summed E-state index contributed by atoms with van der Waals surface area (Å²) in [6.07, 6.45) is 6.01. The molecule has 0 aliphatic carbocycles. The number of halogens is 2. The van der Waals surface area contributed by atoms with E-state index in [1.54, 1.807) is 36.7 Å². The zero-order chi connectivity index (χ0) is 20.4. The minimum atomic E-state index is -0.296. The number of amides is 1. The Balaban J connectivity index is 1.66. The molecule has 0 saturated carbocycles. The number of pyridine rings is 2. The molecule has 0 bridgehead atoms. The Morgan fingerprint density at radius 1 is 1.14 bits per heavy atom. The van der Waals surface area contributed by atoms with Crippen molar-refractivity contribution in [3.8, 4) is 11.3 Å². The average molecular weight is 453 g/mol. The van der Waals surface area contributed by atoms with Crippen molar-refractivity contribution in [3.63, 3.8) is 0 Å². The highest BCUT2D eigenvalue weighted by Crippen LogP contribution is 2.24. The second-order valence-corrected chi connectivity index (χ2v) is 7.43. The second kappa shape index (κ2) is 8.13. The lowest BCUT2D eigenvalue weighted by atomic mass is 10.1. The molecule has 1 N–H and O–H groups in total. The van der Waals surface area contributed by atoms with Crippen LogP contribution < -0.4 is 5.32 Å². The van der Waals surface area contributed by atoms with Crippen LogP contribution in [0, 0.1) is 5.82 Å². The summed E-state index contributed by atoms with van der Waals surface area (Å²) in [5.74, 6) is -0.502. The lowest BCUT2D eigenvalue weighted by Gasteiger charge is -2.17. The topological polar surface area (TPSA) is 59.3 Å². The highest BCUT2D eigenvalue weighted by atomic mass is 79.9. The van der Waals surface area contributed by atoms with Gasteiger partial charge in [0.25, 0.3) is 5.91 Å². The molecule has 0 radical (unpaired) electrons. The third-order valence-corrected chi connectivity index (χ3v) is 5.26. The van der Waals surface area contributed by atoms with Crippen LogP contribution in [0.25, 0.3) is 16.9 Å². The first kappa shape index (κ1) is 19.3. The Bertz CT molecular complexity index is 1160. The van der Waals surface area contributed by atoms with Gasteiger partial charge in [0.2, 0.25) is 0 Å². The minimum absolute atomic E-state index is 0.158. The van der Waals surface area contributed by atoms with Crippen LogP contribution in [-0.4, -0.2) is 20.3 Å². The molecule has 1 unspecified atom stereocenters. The summed E-state index contributed by atoms with van der Waals surface area (Å²) in [5, 5.41) is 3.07. The number of rotatable bonds is 5. The molecule has 5 nitrogen and oxygen atoms in total. The third-order valence-electron chi connectivity index (χ3n) is 4.79. The number of hydrogen-bond acceptors (Lipinski definition) is 3. The molecule has 4 aromatic rings. The van der Waals surface area contributed by atoms with E-state index >= 15 is 0 Å². The van der Waals surface area contributed by atoms with Crippen LogP contribution >= 0.6 is 15.9 Å². The Labute approximate surface area is 175 Å². The van der Waals surface area contributed by atoms with E-state index in [0.717, 1.165) is 27.8 Å². The summed E-state index contributed by atoms with van der Waals surface area (Å²) in [7, 11) is 0. The molecule has 3 aromatic heterocycles. The molecule has 0 aliphatic heterocycles. The predicted octanol–water partition coefficient (Wildman–Crippen LogP) is 5.18. The van der Waals surface area contributed by atoms with E-state index in [2.05, 4.69) is 31.2 Å². The standard InChI is InChI=1S/C22H18BrFN4O/c1-2-18(15-7-10-20(23)25-12-15)27-22(29)17-4-3-11-28-19(13-26-21(17)28)14-5-8-16(24)9-6-14/h3-13,18H,2H2,1H3,(H,27,29). The first-order valence-electron chi connectivity index (χ1n) is 9.21. The maximum absolute atomic E-state index is 13.2. The quantitative estimate of drug-likeness (QED) is 0.424. The lowest BCUT2D eigenvalue weighted by Crippen LogP contribution is -2.28.